The number of ketones is 1. The molecule has 3 aliphatic heterocycles. The van der Waals surface area contributed by atoms with Crippen molar-refractivity contribution in [1.29, 1.82) is 0 Å². The molecule has 4 rings (SSSR count). The van der Waals surface area contributed by atoms with E-state index in [2.05, 4.69) is 24.1 Å². The molecule has 0 radical (unpaired) electrons. The van der Waals surface area contributed by atoms with E-state index in [0.29, 0.717) is 23.9 Å². The van der Waals surface area contributed by atoms with Gasteiger partial charge in [-0.3, -0.25) is 14.4 Å². The summed E-state index contributed by atoms with van der Waals surface area (Å²) in [7, 11) is 1.56. The molecule has 3 heterocycles. The molecule has 3 saturated heterocycles. The number of nitrogens with one attached hydrogen (secondary N) is 1. The second-order valence-electron chi connectivity index (χ2n) is 10.8. The highest BCUT2D eigenvalue weighted by molar-refractivity contribution is 5.99. The first-order valence-electron chi connectivity index (χ1n) is 13.4. The Morgan fingerprint density at radius 1 is 1.14 bits per heavy atom. The number of benzene rings is 1. The van der Waals surface area contributed by atoms with Gasteiger partial charge in [-0.15, -0.1) is 0 Å². The number of carbonyl (C=O) groups excluding carboxylic acids is 3. The molecule has 1 aromatic rings. The van der Waals surface area contributed by atoms with Crippen LogP contribution in [0.4, 0.5) is 0 Å². The Morgan fingerprint density at radius 2 is 1.81 bits per heavy atom. The van der Waals surface area contributed by atoms with Crippen LogP contribution in [0.15, 0.2) is 24.3 Å². The summed E-state index contributed by atoms with van der Waals surface area (Å²) >= 11 is 0. The molecule has 0 unspecified atom stereocenters. The van der Waals surface area contributed by atoms with Crippen LogP contribution in [-0.2, 0) is 19.1 Å². The predicted molar refractivity (Wildman–Crippen MR) is 137 cm³/mol. The minimum absolute atomic E-state index is 0.0117. The minimum Gasteiger partial charge on any atom is -0.377 e. The number of fused-ring (bicyclic) bond motifs is 1. The van der Waals surface area contributed by atoms with Crippen LogP contribution in [0.2, 0.25) is 0 Å². The van der Waals surface area contributed by atoms with E-state index in [1.54, 1.807) is 12.0 Å². The molecule has 8 nitrogen and oxygen atoms in total. The first-order valence-corrected chi connectivity index (χ1v) is 13.4. The number of methoxy groups -OCH3 is 1. The van der Waals surface area contributed by atoms with E-state index in [1.165, 1.54) is 5.56 Å². The monoisotopic (exact) mass is 499 g/mol. The molecule has 198 valence electrons. The number of ether oxygens (including phenoxy) is 2. The maximum atomic E-state index is 13.6. The number of rotatable bonds is 8. The van der Waals surface area contributed by atoms with Gasteiger partial charge in [-0.1, -0.05) is 32.4 Å². The van der Waals surface area contributed by atoms with E-state index in [1.807, 2.05) is 38.1 Å². The van der Waals surface area contributed by atoms with E-state index in [4.69, 9.17) is 9.47 Å². The zero-order valence-corrected chi connectivity index (χ0v) is 22.2. The fourth-order valence-corrected chi connectivity index (χ4v) is 5.79. The summed E-state index contributed by atoms with van der Waals surface area (Å²) in [4.78, 5) is 43.4. The highest BCUT2D eigenvalue weighted by atomic mass is 16.5. The van der Waals surface area contributed by atoms with Crippen molar-refractivity contribution in [1.82, 2.24) is 15.1 Å². The maximum absolute atomic E-state index is 13.6. The Balaban J connectivity index is 1.43. The van der Waals surface area contributed by atoms with Gasteiger partial charge in [0.2, 0.25) is 5.91 Å². The van der Waals surface area contributed by atoms with Crippen LogP contribution in [0.3, 0.4) is 0 Å². The van der Waals surface area contributed by atoms with E-state index in [0.717, 1.165) is 25.9 Å². The largest absolute Gasteiger partial charge is 0.377 e. The van der Waals surface area contributed by atoms with Gasteiger partial charge >= 0.3 is 0 Å². The zero-order chi connectivity index (χ0) is 26.0. The summed E-state index contributed by atoms with van der Waals surface area (Å²) in [6, 6.07) is 7.02. The topological polar surface area (TPSA) is 88.2 Å². The number of amides is 2. The Morgan fingerprint density at radius 3 is 2.39 bits per heavy atom. The van der Waals surface area contributed by atoms with Crippen molar-refractivity contribution >= 4 is 17.6 Å². The maximum Gasteiger partial charge on any atom is 0.251 e. The van der Waals surface area contributed by atoms with Crippen molar-refractivity contribution in [3.63, 3.8) is 0 Å². The van der Waals surface area contributed by atoms with Crippen molar-refractivity contribution in [2.75, 3.05) is 33.4 Å². The third kappa shape index (κ3) is 5.36. The van der Waals surface area contributed by atoms with Crippen LogP contribution >= 0.6 is 0 Å². The third-order valence-electron chi connectivity index (χ3n) is 8.39. The number of nitrogens with zero attached hydrogens (tertiary/aromatic N) is 2. The lowest BCUT2D eigenvalue weighted by molar-refractivity contribution is -0.139. The SMILES string of the molecule is CC[C@H](C)[C@H](NC(=O)c1ccc(C2CCN(C(C)C)CC2)cc1)C(=O)N1C[C@H](OC)[C@H]2OCC(=O)[C@H]21. The molecule has 3 fully saturated rings. The second-order valence-corrected chi connectivity index (χ2v) is 10.8. The summed E-state index contributed by atoms with van der Waals surface area (Å²) in [5.41, 5.74) is 1.80. The Bertz CT molecular complexity index is 941. The number of piperidine rings is 1. The van der Waals surface area contributed by atoms with Crippen LogP contribution in [0.25, 0.3) is 0 Å². The number of carbonyl (C=O) groups is 3. The molecule has 1 N–H and O–H groups in total. The standard InChI is InChI=1S/C28H41N3O5/c1-6-18(4)24(28(34)31-15-23(35-5)26-25(31)22(32)16-36-26)29-27(33)21-9-7-19(8-10-21)20-11-13-30(14-12-20)17(2)3/h7-10,17-18,20,23-26H,6,11-16H2,1-5H3,(H,29,33)/t18-,23-,24-,25+,26+/m0/s1. The first kappa shape index (κ1) is 26.8. The Hall–Kier alpha value is -2.29. The van der Waals surface area contributed by atoms with Gasteiger partial charge in [0.15, 0.2) is 5.78 Å². The Labute approximate surface area is 214 Å². The van der Waals surface area contributed by atoms with Gasteiger partial charge in [-0.05, 0) is 69.3 Å². The number of hydrogen-bond acceptors (Lipinski definition) is 6. The van der Waals surface area contributed by atoms with Crippen molar-refractivity contribution in [2.24, 2.45) is 5.92 Å². The smallest absolute Gasteiger partial charge is 0.251 e. The molecule has 2 amide bonds. The van der Waals surface area contributed by atoms with Gasteiger partial charge in [0.1, 0.15) is 30.9 Å². The first-order chi connectivity index (χ1) is 17.2. The molecule has 0 spiro atoms. The molecule has 0 aliphatic carbocycles. The molecular formula is C28H41N3O5. The van der Waals surface area contributed by atoms with Gasteiger partial charge in [-0.25, -0.2) is 0 Å². The lowest BCUT2D eigenvalue weighted by atomic mass is 9.88. The summed E-state index contributed by atoms with van der Waals surface area (Å²) in [6.45, 7) is 10.9. The van der Waals surface area contributed by atoms with Crippen molar-refractivity contribution in [3.8, 4) is 0 Å². The van der Waals surface area contributed by atoms with Gasteiger partial charge in [0.05, 0.1) is 6.54 Å². The van der Waals surface area contributed by atoms with Gasteiger partial charge in [0, 0.05) is 18.7 Å². The summed E-state index contributed by atoms with van der Waals surface area (Å²) in [5, 5.41) is 2.98. The molecule has 36 heavy (non-hydrogen) atoms. The van der Waals surface area contributed by atoms with Gasteiger partial charge in [-0.2, -0.15) is 0 Å². The average Bonchev–Trinajstić information content (AvgIpc) is 3.46. The van der Waals surface area contributed by atoms with E-state index < -0.39 is 18.2 Å². The van der Waals surface area contributed by atoms with Crippen LogP contribution in [-0.4, -0.2) is 91.1 Å². The van der Waals surface area contributed by atoms with Crippen LogP contribution in [0, 0.1) is 5.92 Å². The number of likely N-dealkylation sites (tertiary alicyclic amines) is 2. The number of Topliss-reactive ketones (excluding diaryl/α,β-unsaturated/α-hetero) is 1. The van der Waals surface area contributed by atoms with Crippen LogP contribution < -0.4 is 5.32 Å². The Kier molecular flexibility index (Phi) is 8.48. The lowest BCUT2D eigenvalue weighted by Crippen LogP contribution is -2.54. The summed E-state index contributed by atoms with van der Waals surface area (Å²) in [5.74, 6) is -0.224. The van der Waals surface area contributed by atoms with E-state index in [9.17, 15) is 14.4 Å². The predicted octanol–water partition coefficient (Wildman–Crippen LogP) is 2.61. The van der Waals surface area contributed by atoms with E-state index in [-0.39, 0.29) is 42.8 Å². The average molecular weight is 500 g/mol. The molecule has 0 aromatic heterocycles. The quantitative estimate of drug-likeness (QED) is 0.592. The third-order valence-corrected chi connectivity index (χ3v) is 8.39. The zero-order valence-electron chi connectivity index (χ0n) is 22.2. The molecule has 1 aromatic carbocycles. The molecule has 8 heteroatoms. The second kappa shape index (κ2) is 11.4. The molecule has 0 bridgehead atoms. The highest BCUT2D eigenvalue weighted by Crippen LogP contribution is 2.31. The number of hydrogen-bond donors (Lipinski definition) is 1. The lowest BCUT2D eigenvalue weighted by Gasteiger charge is -2.34. The fraction of sp³-hybridized carbons (Fsp3) is 0.679. The summed E-state index contributed by atoms with van der Waals surface area (Å²) in [6.07, 6.45) is 2.16. The normalized spacial score (nSPS) is 26.8. The van der Waals surface area contributed by atoms with Crippen LogP contribution in [0.1, 0.15) is 68.8 Å². The minimum atomic E-state index is -0.729. The molecule has 3 aliphatic rings. The van der Waals surface area contributed by atoms with Crippen LogP contribution in [0.5, 0.6) is 0 Å². The van der Waals surface area contributed by atoms with Crippen molar-refractivity contribution in [2.45, 2.75) is 83.2 Å². The fourth-order valence-electron chi connectivity index (χ4n) is 5.79. The van der Waals surface area contributed by atoms with Crippen molar-refractivity contribution in [3.05, 3.63) is 35.4 Å². The summed E-state index contributed by atoms with van der Waals surface area (Å²) < 4.78 is 11.1. The van der Waals surface area contributed by atoms with Gasteiger partial charge in [0.25, 0.3) is 5.91 Å². The molecule has 0 saturated carbocycles. The van der Waals surface area contributed by atoms with E-state index >= 15 is 0 Å². The molecule has 5 atom stereocenters. The van der Waals surface area contributed by atoms with Gasteiger partial charge < -0.3 is 24.6 Å². The van der Waals surface area contributed by atoms with Crippen molar-refractivity contribution < 1.29 is 23.9 Å². The molecular weight excluding hydrogens is 458 g/mol. The highest BCUT2D eigenvalue weighted by Gasteiger charge is 2.53.